The van der Waals surface area contributed by atoms with Crippen molar-refractivity contribution < 1.29 is 9.53 Å². The van der Waals surface area contributed by atoms with Gasteiger partial charge in [-0.25, -0.2) is 4.79 Å². The number of nitrogens with one attached hydrogen (secondary N) is 1. The van der Waals surface area contributed by atoms with E-state index in [4.69, 9.17) is 10.5 Å². The molecule has 0 aliphatic rings. The zero-order valence-corrected chi connectivity index (χ0v) is 12.7. The Morgan fingerprint density at radius 3 is 2.50 bits per heavy atom. The van der Waals surface area contributed by atoms with Crippen molar-refractivity contribution in [2.45, 2.75) is 45.8 Å². The Morgan fingerprint density at radius 2 is 2.00 bits per heavy atom. The second-order valence-corrected chi connectivity index (χ2v) is 5.54. The maximum Gasteiger partial charge on any atom is 0.406 e. The van der Waals surface area contributed by atoms with Crippen molar-refractivity contribution in [2.24, 2.45) is 11.7 Å². The Kier molecular flexibility index (Phi) is 6.52. The van der Waals surface area contributed by atoms with Gasteiger partial charge in [0.05, 0.1) is 0 Å². The van der Waals surface area contributed by atoms with E-state index in [0.29, 0.717) is 18.8 Å². The maximum atomic E-state index is 11.2. The minimum absolute atomic E-state index is 0.599. The summed E-state index contributed by atoms with van der Waals surface area (Å²) in [5, 5.41) is 3.37. The fraction of sp³-hybridized carbons (Fsp3) is 0.562. The van der Waals surface area contributed by atoms with E-state index in [2.05, 4.69) is 19.2 Å². The lowest BCUT2D eigenvalue weighted by Gasteiger charge is -2.33. The van der Waals surface area contributed by atoms with Crippen molar-refractivity contribution >= 4 is 6.09 Å². The van der Waals surface area contributed by atoms with Gasteiger partial charge in [-0.3, -0.25) is 5.32 Å². The summed E-state index contributed by atoms with van der Waals surface area (Å²) in [4.78, 5) is 11.2. The molecule has 20 heavy (non-hydrogen) atoms. The van der Waals surface area contributed by atoms with Crippen LogP contribution in [0, 0.1) is 5.92 Å². The number of rotatable bonds is 8. The molecule has 4 nitrogen and oxygen atoms in total. The van der Waals surface area contributed by atoms with Gasteiger partial charge in [0.25, 0.3) is 0 Å². The highest BCUT2D eigenvalue weighted by molar-refractivity contribution is 5.65. The summed E-state index contributed by atoms with van der Waals surface area (Å²) in [7, 11) is 0. The lowest BCUT2D eigenvalue weighted by atomic mass is 9.99. The summed E-state index contributed by atoms with van der Waals surface area (Å²) in [6.07, 6.45) is 1.58. The van der Waals surface area contributed by atoms with Gasteiger partial charge in [-0.15, -0.1) is 0 Å². The third-order valence-electron chi connectivity index (χ3n) is 3.37. The number of primary amides is 1. The first-order valence-corrected chi connectivity index (χ1v) is 7.25. The zero-order valence-electron chi connectivity index (χ0n) is 12.7. The molecule has 3 N–H and O–H groups in total. The summed E-state index contributed by atoms with van der Waals surface area (Å²) in [5.74, 6) is 0.599. The number of carbonyl (C=O) groups is 1. The van der Waals surface area contributed by atoms with Crippen LogP contribution in [0.1, 0.15) is 39.2 Å². The van der Waals surface area contributed by atoms with Crippen molar-refractivity contribution in [3.63, 3.8) is 0 Å². The third kappa shape index (κ3) is 5.61. The molecule has 0 radical (unpaired) electrons. The van der Waals surface area contributed by atoms with E-state index in [-0.39, 0.29) is 0 Å². The Balaban J connectivity index is 2.78. The molecule has 112 valence electrons. The highest BCUT2D eigenvalue weighted by atomic mass is 16.6. The van der Waals surface area contributed by atoms with Gasteiger partial charge in [-0.1, -0.05) is 51.1 Å². The minimum atomic E-state index is -0.736. The molecule has 0 unspecified atom stereocenters. The topological polar surface area (TPSA) is 64.3 Å². The standard InChI is InChI=1S/C16H26N2O2/c1-4-16(20-15(17)19,18-11-10-13(2)3)12-14-8-6-5-7-9-14/h5-9,13,18H,4,10-12H2,1-3H3,(H2,17,19)/t16-/m0/s1. The van der Waals surface area contributed by atoms with Crippen LogP contribution < -0.4 is 11.1 Å². The monoisotopic (exact) mass is 278 g/mol. The first-order valence-electron chi connectivity index (χ1n) is 7.25. The number of amides is 1. The van der Waals surface area contributed by atoms with Crippen LogP contribution in [0.4, 0.5) is 4.79 Å². The van der Waals surface area contributed by atoms with Crippen molar-refractivity contribution in [2.75, 3.05) is 6.54 Å². The van der Waals surface area contributed by atoms with Crippen LogP contribution in [0.5, 0.6) is 0 Å². The lowest BCUT2D eigenvalue weighted by Crippen LogP contribution is -2.51. The van der Waals surface area contributed by atoms with E-state index in [1.54, 1.807) is 0 Å². The number of carbonyl (C=O) groups excluding carboxylic acids is 1. The molecule has 0 fully saturated rings. The quantitative estimate of drug-likeness (QED) is 0.718. The number of hydrogen-bond donors (Lipinski definition) is 2. The first kappa shape index (κ1) is 16.5. The predicted octanol–water partition coefficient (Wildman–Crippen LogP) is 3.07. The van der Waals surface area contributed by atoms with Crippen LogP contribution in [0.25, 0.3) is 0 Å². The van der Waals surface area contributed by atoms with Gasteiger partial charge in [0.2, 0.25) is 0 Å². The van der Waals surface area contributed by atoms with Gasteiger partial charge in [0.15, 0.2) is 5.72 Å². The number of ether oxygens (including phenoxy) is 1. The normalized spacial score (nSPS) is 14.0. The van der Waals surface area contributed by atoms with Gasteiger partial charge in [0.1, 0.15) is 0 Å². The Hall–Kier alpha value is -1.55. The van der Waals surface area contributed by atoms with Gasteiger partial charge >= 0.3 is 6.09 Å². The number of nitrogens with two attached hydrogens (primary N) is 1. The Labute approximate surface area is 121 Å². The van der Waals surface area contributed by atoms with Crippen molar-refractivity contribution in [1.82, 2.24) is 5.32 Å². The number of benzene rings is 1. The fourth-order valence-corrected chi connectivity index (χ4v) is 2.16. The Morgan fingerprint density at radius 1 is 1.35 bits per heavy atom. The fourth-order valence-electron chi connectivity index (χ4n) is 2.16. The van der Waals surface area contributed by atoms with Gasteiger partial charge in [0, 0.05) is 6.42 Å². The molecular weight excluding hydrogens is 252 g/mol. The van der Waals surface area contributed by atoms with E-state index < -0.39 is 11.8 Å². The van der Waals surface area contributed by atoms with Crippen LogP contribution >= 0.6 is 0 Å². The summed E-state index contributed by atoms with van der Waals surface area (Å²) in [5.41, 5.74) is 5.64. The third-order valence-corrected chi connectivity index (χ3v) is 3.37. The molecule has 0 saturated carbocycles. The molecule has 0 spiro atoms. The highest BCUT2D eigenvalue weighted by Crippen LogP contribution is 2.20. The zero-order chi connectivity index (χ0) is 15.0. The minimum Gasteiger partial charge on any atom is -0.428 e. The molecule has 4 heteroatoms. The molecule has 0 saturated heterocycles. The van der Waals surface area contributed by atoms with E-state index in [0.717, 1.165) is 18.5 Å². The lowest BCUT2D eigenvalue weighted by molar-refractivity contribution is -0.0149. The van der Waals surface area contributed by atoms with Crippen LogP contribution in [-0.4, -0.2) is 18.4 Å². The molecule has 0 bridgehead atoms. The molecule has 1 rings (SSSR count). The molecule has 1 atom stereocenters. The van der Waals surface area contributed by atoms with Crippen LogP contribution in [-0.2, 0) is 11.2 Å². The van der Waals surface area contributed by atoms with Crippen LogP contribution in [0.15, 0.2) is 30.3 Å². The molecule has 0 aliphatic carbocycles. The summed E-state index contributed by atoms with van der Waals surface area (Å²) >= 11 is 0. The Bertz CT molecular complexity index is 406. The molecule has 0 heterocycles. The van der Waals surface area contributed by atoms with E-state index >= 15 is 0 Å². The maximum absolute atomic E-state index is 11.2. The van der Waals surface area contributed by atoms with Crippen molar-refractivity contribution in [3.05, 3.63) is 35.9 Å². The van der Waals surface area contributed by atoms with E-state index in [1.807, 2.05) is 37.3 Å². The van der Waals surface area contributed by atoms with E-state index in [1.165, 1.54) is 0 Å². The average molecular weight is 278 g/mol. The van der Waals surface area contributed by atoms with Gasteiger partial charge in [-0.2, -0.15) is 0 Å². The summed E-state index contributed by atoms with van der Waals surface area (Å²) in [6.45, 7) is 7.13. The second-order valence-electron chi connectivity index (χ2n) is 5.54. The average Bonchev–Trinajstić information content (AvgIpc) is 2.38. The summed E-state index contributed by atoms with van der Waals surface area (Å²) < 4.78 is 5.40. The van der Waals surface area contributed by atoms with Crippen molar-refractivity contribution in [3.8, 4) is 0 Å². The predicted molar refractivity (Wildman–Crippen MR) is 81.3 cm³/mol. The summed E-state index contributed by atoms with van der Waals surface area (Å²) in [6, 6.07) is 9.98. The smallest absolute Gasteiger partial charge is 0.406 e. The van der Waals surface area contributed by atoms with Crippen molar-refractivity contribution in [1.29, 1.82) is 0 Å². The van der Waals surface area contributed by atoms with Gasteiger partial charge in [-0.05, 0) is 30.9 Å². The number of hydrogen-bond acceptors (Lipinski definition) is 3. The largest absolute Gasteiger partial charge is 0.428 e. The van der Waals surface area contributed by atoms with Crippen LogP contribution in [0.2, 0.25) is 0 Å². The van der Waals surface area contributed by atoms with Gasteiger partial charge < -0.3 is 10.5 Å². The SMILES string of the molecule is CC[C@](Cc1ccccc1)(NCCC(C)C)OC(N)=O. The molecular formula is C16H26N2O2. The molecule has 0 aliphatic heterocycles. The highest BCUT2D eigenvalue weighted by Gasteiger charge is 2.31. The van der Waals surface area contributed by atoms with E-state index in [9.17, 15) is 4.79 Å². The van der Waals surface area contributed by atoms with Crippen LogP contribution in [0.3, 0.4) is 0 Å². The molecule has 1 aromatic rings. The first-order chi connectivity index (χ1) is 9.47. The molecule has 1 amide bonds. The molecule has 1 aromatic carbocycles. The second kappa shape index (κ2) is 7.90. The molecule has 0 aromatic heterocycles.